The van der Waals surface area contributed by atoms with Crippen molar-refractivity contribution in [2.45, 2.75) is 24.7 Å². The zero-order valence-electron chi connectivity index (χ0n) is 14.9. The van der Waals surface area contributed by atoms with Crippen molar-refractivity contribution in [2.75, 3.05) is 18.8 Å². The molecule has 3 rings (SSSR count). The number of carbonyl (C=O) groups is 2. The summed E-state index contributed by atoms with van der Waals surface area (Å²) in [6, 6.07) is 16.9. The van der Waals surface area contributed by atoms with Crippen LogP contribution in [0.4, 0.5) is 0 Å². The van der Waals surface area contributed by atoms with Crippen molar-refractivity contribution in [3.8, 4) is 5.75 Å². The molecule has 1 heterocycles. The SMILES string of the molecule is CCSc1ccc(OC(=O)C2CCN(C(=O)c3ccccc3)CC2)cc1. The maximum absolute atomic E-state index is 12.5. The molecule has 0 aromatic heterocycles. The number of benzene rings is 2. The van der Waals surface area contributed by atoms with Crippen molar-refractivity contribution < 1.29 is 14.3 Å². The average molecular weight is 369 g/mol. The number of nitrogens with zero attached hydrogens (tertiary/aromatic N) is 1. The number of hydrogen-bond acceptors (Lipinski definition) is 4. The van der Waals surface area contributed by atoms with Crippen LogP contribution >= 0.6 is 11.8 Å². The van der Waals surface area contributed by atoms with Gasteiger partial charge in [0.1, 0.15) is 5.75 Å². The van der Waals surface area contributed by atoms with Crippen molar-refractivity contribution in [3.63, 3.8) is 0 Å². The molecule has 0 spiro atoms. The van der Waals surface area contributed by atoms with Crippen LogP contribution in [0.2, 0.25) is 0 Å². The van der Waals surface area contributed by atoms with Crippen molar-refractivity contribution >= 4 is 23.6 Å². The molecule has 1 fully saturated rings. The fraction of sp³-hybridized carbons (Fsp3) is 0.333. The minimum absolute atomic E-state index is 0.0291. The van der Waals surface area contributed by atoms with Gasteiger partial charge in [-0.25, -0.2) is 0 Å². The van der Waals surface area contributed by atoms with Gasteiger partial charge in [0, 0.05) is 23.5 Å². The minimum Gasteiger partial charge on any atom is -0.426 e. The van der Waals surface area contributed by atoms with Gasteiger partial charge in [-0.05, 0) is 55.0 Å². The molecule has 1 aliphatic rings. The average Bonchev–Trinajstić information content (AvgIpc) is 2.70. The molecule has 0 saturated carbocycles. The number of hydrogen-bond donors (Lipinski definition) is 0. The van der Waals surface area contributed by atoms with Crippen LogP contribution in [-0.4, -0.2) is 35.6 Å². The summed E-state index contributed by atoms with van der Waals surface area (Å²) in [4.78, 5) is 27.8. The maximum Gasteiger partial charge on any atom is 0.314 e. The van der Waals surface area contributed by atoms with Crippen LogP contribution in [-0.2, 0) is 4.79 Å². The summed E-state index contributed by atoms with van der Waals surface area (Å²) in [5.74, 6) is 1.27. The second kappa shape index (κ2) is 8.90. The zero-order valence-corrected chi connectivity index (χ0v) is 15.7. The van der Waals surface area contributed by atoms with Crippen molar-refractivity contribution in [2.24, 2.45) is 5.92 Å². The fourth-order valence-corrected chi connectivity index (χ4v) is 3.71. The normalized spacial score (nSPS) is 14.9. The first-order valence-corrected chi connectivity index (χ1v) is 9.95. The van der Waals surface area contributed by atoms with E-state index < -0.39 is 0 Å². The van der Waals surface area contributed by atoms with Crippen LogP contribution in [0.3, 0.4) is 0 Å². The van der Waals surface area contributed by atoms with Crippen molar-refractivity contribution in [3.05, 3.63) is 60.2 Å². The van der Waals surface area contributed by atoms with E-state index in [0.29, 0.717) is 37.2 Å². The summed E-state index contributed by atoms with van der Waals surface area (Å²) in [6.45, 7) is 3.27. The molecule has 0 unspecified atom stereocenters. The number of esters is 1. The second-order valence-electron chi connectivity index (χ2n) is 6.26. The van der Waals surface area contributed by atoms with Crippen LogP contribution in [0.25, 0.3) is 0 Å². The summed E-state index contributed by atoms with van der Waals surface area (Å²) in [7, 11) is 0. The van der Waals surface area contributed by atoms with E-state index >= 15 is 0 Å². The third-order valence-electron chi connectivity index (χ3n) is 4.49. The van der Waals surface area contributed by atoms with Crippen LogP contribution < -0.4 is 4.74 Å². The number of ether oxygens (including phenoxy) is 1. The van der Waals surface area contributed by atoms with Crippen LogP contribution in [0.15, 0.2) is 59.5 Å². The Labute approximate surface area is 158 Å². The quantitative estimate of drug-likeness (QED) is 0.449. The summed E-state index contributed by atoms with van der Waals surface area (Å²) >= 11 is 1.75. The first-order valence-electron chi connectivity index (χ1n) is 8.96. The molecule has 1 aliphatic heterocycles. The largest absolute Gasteiger partial charge is 0.426 e. The van der Waals surface area contributed by atoms with Crippen molar-refractivity contribution in [1.82, 2.24) is 4.90 Å². The lowest BCUT2D eigenvalue weighted by Crippen LogP contribution is -2.41. The molecule has 0 N–H and O–H groups in total. The van der Waals surface area contributed by atoms with Gasteiger partial charge in [-0.15, -0.1) is 11.8 Å². The molecule has 0 aliphatic carbocycles. The fourth-order valence-electron chi connectivity index (χ4n) is 3.05. The molecule has 1 saturated heterocycles. The van der Waals surface area contributed by atoms with Gasteiger partial charge >= 0.3 is 5.97 Å². The molecule has 5 heteroatoms. The lowest BCUT2D eigenvalue weighted by Gasteiger charge is -2.31. The van der Waals surface area contributed by atoms with E-state index in [2.05, 4.69) is 6.92 Å². The van der Waals surface area contributed by atoms with E-state index in [1.165, 1.54) is 4.90 Å². The molecule has 26 heavy (non-hydrogen) atoms. The highest BCUT2D eigenvalue weighted by Crippen LogP contribution is 2.24. The number of amides is 1. The van der Waals surface area contributed by atoms with Crippen LogP contribution in [0.1, 0.15) is 30.1 Å². The summed E-state index contributed by atoms with van der Waals surface area (Å²) in [6.07, 6.45) is 1.28. The van der Waals surface area contributed by atoms with Gasteiger partial charge in [0.2, 0.25) is 0 Å². The highest BCUT2D eigenvalue weighted by Gasteiger charge is 2.29. The Bertz CT molecular complexity index is 738. The highest BCUT2D eigenvalue weighted by atomic mass is 32.2. The lowest BCUT2D eigenvalue weighted by molar-refractivity contribution is -0.140. The molecule has 0 radical (unpaired) electrons. The van der Waals surface area contributed by atoms with E-state index in [9.17, 15) is 9.59 Å². The molecule has 2 aromatic carbocycles. The van der Waals surface area contributed by atoms with Gasteiger partial charge in [0.15, 0.2) is 0 Å². The number of likely N-dealkylation sites (tertiary alicyclic amines) is 1. The lowest BCUT2D eigenvalue weighted by atomic mass is 9.96. The van der Waals surface area contributed by atoms with E-state index in [0.717, 1.165) is 5.75 Å². The number of carbonyl (C=O) groups excluding carboxylic acids is 2. The Balaban J connectivity index is 1.51. The van der Waals surface area contributed by atoms with E-state index in [-0.39, 0.29) is 17.8 Å². The van der Waals surface area contributed by atoms with Gasteiger partial charge in [-0.3, -0.25) is 9.59 Å². The Morgan fingerprint density at radius 3 is 2.31 bits per heavy atom. The third-order valence-corrected chi connectivity index (χ3v) is 5.38. The minimum atomic E-state index is -0.201. The van der Waals surface area contributed by atoms with Gasteiger partial charge in [-0.2, -0.15) is 0 Å². The Morgan fingerprint density at radius 1 is 1.04 bits per heavy atom. The van der Waals surface area contributed by atoms with E-state index in [1.807, 2.05) is 59.5 Å². The predicted octanol–water partition coefficient (Wildman–Crippen LogP) is 4.26. The third kappa shape index (κ3) is 4.67. The molecule has 2 aromatic rings. The summed E-state index contributed by atoms with van der Waals surface area (Å²) in [5.41, 5.74) is 0.693. The monoisotopic (exact) mass is 369 g/mol. The molecule has 0 bridgehead atoms. The van der Waals surface area contributed by atoms with Crippen LogP contribution in [0, 0.1) is 5.92 Å². The van der Waals surface area contributed by atoms with Gasteiger partial charge < -0.3 is 9.64 Å². The van der Waals surface area contributed by atoms with Gasteiger partial charge in [0.05, 0.1) is 5.92 Å². The maximum atomic E-state index is 12.5. The zero-order chi connectivity index (χ0) is 18.4. The van der Waals surface area contributed by atoms with E-state index in [1.54, 1.807) is 11.8 Å². The predicted molar refractivity (Wildman–Crippen MR) is 104 cm³/mol. The van der Waals surface area contributed by atoms with Crippen molar-refractivity contribution in [1.29, 1.82) is 0 Å². The standard InChI is InChI=1S/C21H23NO3S/c1-2-26-19-10-8-18(9-11-19)25-21(24)17-12-14-22(15-13-17)20(23)16-6-4-3-5-7-16/h3-11,17H,2,12-15H2,1H3. The van der Waals surface area contributed by atoms with E-state index in [4.69, 9.17) is 4.74 Å². The summed E-state index contributed by atoms with van der Waals surface area (Å²) in [5, 5.41) is 0. The Morgan fingerprint density at radius 2 is 1.69 bits per heavy atom. The van der Waals surface area contributed by atoms with Gasteiger partial charge in [-0.1, -0.05) is 25.1 Å². The van der Waals surface area contributed by atoms with Crippen LogP contribution in [0.5, 0.6) is 5.75 Å². The number of piperidine rings is 1. The number of rotatable bonds is 5. The number of thioether (sulfide) groups is 1. The first kappa shape index (κ1) is 18.5. The molecule has 4 nitrogen and oxygen atoms in total. The highest BCUT2D eigenvalue weighted by molar-refractivity contribution is 7.99. The topological polar surface area (TPSA) is 46.6 Å². The summed E-state index contributed by atoms with van der Waals surface area (Å²) < 4.78 is 5.52. The smallest absolute Gasteiger partial charge is 0.314 e. The molecular formula is C21H23NO3S. The Kier molecular flexibility index (Phi) is 6.34. The molecule has 0 atom stereocenters. The molecule has 1 amide bonds. The van der Waals surface area contributed by atoms with Gasteiger partial charge in [0.25, 0.3) is 5.91 Å². The molecule has 136 valence electrons. The first-order chi connectivity index (χ1) is 12.7. The molecular weight excluding hydrogens is 346 g/mol. The second-order valence-corrected chi connectivity index (χ2v) is 7.60. The Hall–Kier alpha value is -2.27.